The van der Waals surface area contributed by atoms with E-state index in [1.165, 1.54) is 10.8 Å². The van der Waals surface area contributed by atoms with Gasteiger partial charge in [-0.1, -0.05) is 78.9 Å². The van der Waals surface area contributed by atoms with Crippen LogP contribution in [0, 0.1) is 0 Å². The fourth-order valence-corrected chi connectivity index (χ4v) is 6.25. The predicted octanol–water partition coefficient (Wildman–Crippen LogP) is 9.22. The summed E-state index contributed by atoms with van der Waals surface area (Å²) < 4.78 is 2.29. The van der Waals surface area contributed by atoms with Gasteiger partial charge in [-0.15, -0.1) is 0 Å². The fraction of sp³-hybridized carbons (Fsp3) is 0. The average molecular weight is 523 g/mol. The molecule has 4 heterocycles. The molecule has 190 valence electrons. The van der Waals surface area contributed by atoms with Crippen molar-refractivity contribution < 1.29 is 0 Å². The number of pyridine rings is 3. The lowest BCUT2D eigenvalue weighted by molar-refractivity contribution is 1.30. The number of hydrogen-bond donors (Lipinski definition) is 0. The van der Waals surface area contributed by atoms with Gasteiger partial charge in [0.25, 0.3) is 0 Å². The van der Waals surface area contributed by atoms with Crippen LogP contribution < -0.4 is 0 Å². The summed E-state index contributed by atoms with van der Waals surface area (Å²) in [7, 11) is 0. The van der Waals surface area contributed by atoms with Crippen LogP contribution in [0.3, 0.4) is 0 Å². The van der Waals surface area contributed by atoms with Gasteiger partial charge in [0.15, 0.2) is 0 Å². The largest absolute Gasteiger partial charge is 0.292 e. The molecule has 0 radical (unpaired) electrons. The molecule has 0 saturated heterocycles. The normalized spacial score (nSPS) is 11.9. The second-order valence-electron chi connectivity index (χ2n) is 10.5. The van der Waals surface area contributed by atoms with Gasteiger partial charge in [0.05, 0.1) is 33.5 Å². The third-order valence-electron chi connectivity index (χ3n) is 8.17. The molecule has 0 aliphatic carbocycles. The molecular weight excluding hydrogens is 500 g/mol. The topological polar surface area (TPSA) is 43.1 Å². The standard InChI is InChI=1S/C37H22N4/c1-2-8-25-21-26(15-14-23(25)7-1)30-11-5-12-31(39-30)27-17-18-28-34(22-27)41-33-13-4-3-10-32(33)40-37(41)29-19-16-24-9-6-20-38-36(24)35(28)29/h1-22H. The quantitative estimate of drug-likeness (QED) is 0.213. The molecule has 0 atom stereocenters. The Morgan fingerprint density at radius 3 is 2.15 bits per heavy atom. The lowest BCUT2D eigenvalue weighted by Gasteiger charge is -2.13. The van der Waals surface area contributed by atoms with E-state index in [1.807, 2.05) is 18.3 Å². The van der Waals surface area contributed by atoms with Crippen molar-refractivity contribution in [3.8, 4) is 22.5 Å². The van der Waals surface area contributed by atoms with Crippen molar-refractivity contribution in [2.45, 2.75) is 0 Å². The van der Waals surface area contributed by atoms with Crippen molar-refractivity contribution in [2.75, 3.05) is 0 Å². The summed E-state index contributed by atoms with van der Waals surface area (Å²) in [5.41, 5.74) is 9.16. The molecule has 0 unspecified atom stereocenters. The number of aromatic nitrogens is 4. The van der Waals surface area contributed by atoms with E-state index in [4.69, 9.17) is 15.0 Å². The third kappa shape index (κ3) is 3.31. The first kappa shape index (κ1) is 22.2. The fourth-order valence-electron chi connectivity index (χ4n) is 6.25. The number of fused-ring (bicyclic) bond motifs is 11. The Morgan fingerprint density at radius 2 is 1.22 bits per heavy atom. The summed E-state index contributed by atoms with van der Waals surface area (Å²) in [5.74, 6) is 0. The Morgan fingerprint density at radius 1 is 0.488 bits per heavy atom. The molecule has 0 saturated carbocycles. The van der Waals surface area contributed by atoms with E-state index < -0.39 is 0 Å². The van der Waals surface area contributed by atoms with E-state index in [0.29, 0.717) is 0 Å². The van der Waals surface area contributed by atoms with E-state index in [1.54, 1.807) is 0 Å². The first-order valence-corrected chi connectivity index (χ1v) is 13.8. The van der Waals surface area contributed by atoms with Crippen LogP contribution in [0.5, 0.6) is 0 Å². The zero-order valence-electron chi connectivity index (χ0n) is 22.0. The summed E-state index contributed by atoms with van der Waals surface area (Å²) in [5, 5.41) is 6.94. The Kier molecular flexibility index (Phi) is 4.58. The van der Waals surface area contributed by atoms with Crippen molar-refractivity contribution in [2.24, 2.45) is 0 Å². The van der Waals surface area contributed by atoms with Gasteiger partial charge in [0, 0.05) is 38.9 Å². The van der Waals surface area contributed by atoms with E-state index >= 15 is 0 Å². The third-order valence-corrected chi connectivity index (χ3v) is 8.17. The molecule has 0 N–H and O–H groups in total. The maximum absolute atomic E-state index is 5.13. The SMILES string of the molecule is c1cc(-c2ccc3ccccc3c2)nc(-c2ccc3c4c(ccc5cccnc54)c4nc5ccccc5n4c3c2)c1. The first-order valence-electron chi connectivity index (χ1n) is 13.8. The summed E-state index contributed by atoms with van der Waals surface area (Å²) in [6.45, 7) is 0. The maximum Gasteiger partial charge on any atom is 0.146 e. The van der Waals surface area contributed by atoms with Crippen molar-refractivity contribution in [1.29, 1.82) is 0 Å². The molecule has 0 bridgehead atoms. The minimum Gasteiger partial charge on any atom is -0.292 e. The van der Waals surface area contributed by atoms with Crippen LogP contribution in [-0.2, 0) is 0 Å². The van der Waals surface area contributed by atoms with Crippen LogP contribution in [0.4, 0.5) is 0 Å². The number of hydrogen-bond acceptors (Lipinski definition) is 3. The molecule has 0 fully saturated rings. The average Bonchev–Trinajstić information content (AvgIpc) is 3.44. The molecule has 0 aliphatic rings. The Balaban J connectivity index is 1.33. The Labute approximate surface area is 235 Å². The highest BCUT2D eigenvalue weighted by Gasteiger charge is 2.17. The molecule has 41 heavy (non-hydrogen) atoms. The van der Waals surface area contributed by atoms with E-state index in [9.17, 15) is 0 Å². The zero-order valence-corrected chi connectivity index (χ0v) is 22.0. The number of benzene rings is 5. The number of para-hydroxylation sites is 2. The van der Waals surface area contributed by atoms with Gasteiger partial charge in [-0.3, -0.25) is 9.38 Å². The highest BCUT2D eigenvalue weighted by Crippen LogP contribution is 2.37. The maximum atomic E-state index is 5.13. The van der Waals surface area contributed by atoms with E-state index in [2.05, 4.69) is 120 Å². The number of imidazole rings is 1. The van der Waals surface area contributed by atoms with E-state index in [-0.39, 0.29) is 0 Å². The molecule has 9 rings (SSSR count). The van der Waals surface area contributed by atoms with Crippen LogP contribution >= 0.6 is 0 Å². The van der Waals surface area contributed by atoms with Gasteiger partial charge in [-0.25, -0.2) is 9.97 Å². The second-order valence-corrected chi connectivity index (χ2v) is 10.5. The highest BCUT2D eigenvalue weighted by molar-refractivity contribution is 6.23. The van der Waals surface area contributed by atoms with E-state index in [0.717, 1.165) is 71.8 Å². The van der Waals surface area contributed by atoms with Crippen molar-refractivity contribution in [3.05, 3.63) is 134 Å². The molecule has 0 spiro atoms. The minimum atomic E-state index is 0.936. The van der Waals surface area contributed by atoms with Gasteiger partial charge in [-0.05, 0) is 59.3 Å². The summed E-state index contributed by atoms with van der Waals surface area (Å²) in [4.78, 5) is 15.1. The molecule has 4 aromatic heterocycles. The van der Waals surface area contributed by atoms with Crippen LogP contribution in [0.25, 0.3) is 82.5 Å². The monoisotopic (exact) mass is 522 g/mol. The summed E-state index contributed by atoms with van der Waals surface area (Å²) >= 11 is 0. The zero-order chi connectivity index (χ0) is 26.9. The van der Waals surface area contributed by atoms with Crippen molar-refractivity contribution in [3.63, 3.8) is 0 Å². The molecular formula is C37H22N4. The summed E-state index contributed by atoms with van der Waals surface area (Å²) in [6, 6.07) is 44.7. The van der Waals surface area contributed by atoms with Crippen molar-refractivity contribution >= 4 is 60.0 Å². The minimum absolute atomic E-state index is 0.936. The number of rotatable bonds is 2. The van der Waals surface area contributed by atoms with Crippen LogP contribution in [0.1, 0.15) is 0 Å². The highest BCUT2D eigenvalue weighted by atomic mass is 15.0. The molecule has 9 aromatic rings. The van der Waals surface area contributed by atoms with Gasteiger partial charge in [-0.2, -0.15) is 0 Å². The smallest absolute Gasteiger partial charge is 0.146 e. The Hall–Kier alpha value is -5.61. The molecule has 4 heteroatoms. The lowest BCUT2D eigenvalue weighted by Crippen LogP contribution is -1.95. The molecule has 5 aromatic carbocycles. The lowest BCUT2D eigenvalue weighted by atomic mass is 9.99. The van der Waals surface area contributed by atoms with Gasteiger partial charge in [0.1, 0.15) is 5.65 Å². The summed E-state index contributed by atoms with van der Waals surface area (Å²) in [6.07, 6.45) is 1.87. The number of nitrogens with zero attached hydrogens (tertiary/aromatic N) is 4. The molecule has 4 nitrogen and oxygen atoms in total. The van der Waals surface area contributed by atoms with Crippen LogP contribution in [0.2, 0.25) is 0 Å². The van der Waals surface area contributed by atoms with Gasteiger partial charge >= 0.3 is 0 Å². The van der Waals surface area contributed by atoms with Crippen LogP contribution in [0.15, 0.2) is 134 Å². The predicted molar refractivity (Wildman–Crippen MR) is 169 cm³/mol. The van der Waals surface area contributed by atoms with Gasteiger partial charge in [0.2, 0.25) is 0 Å². The first-order chi connectivity index (χ1) is 20.3. The van der Waals surface area contributed by atoms with Crippen LogP contribution in [-0.4, -0.2) is 19.4 Å². The second kappa shape index (κ2) is 8.44. The van der Waals surface area contributed by atoms with Gasteiger partial charge < -0.3 is 0 Å². The van der Waals surface area contributed by atoms with Crippen molar-refractivity contribution in [1.82, 2.24) is 19.4 Å². The Bertz CT molecular complexity index is 2490. The molecule has 0 amide bonds. The molecule has 0 aliphatic heterocycles.